The fourth-order valence-corrected chi connectivity index (χ4v) is 3.33. The lowest BCUT2D eigenvalue weighted by molar-refractivity contribution is -0.137. The molecule has 0 N–H and O–H groups in total. The molecule has 2 heterocycles. The SMILES string of the molecule is CN(C(=O)c1ccc(C(F)(F)F)cc1)C1CCN(Cc2cnn(C)n2)CC1. The third-order valence-electron chi connectivity index (χ3n) is 4.92. The van der Waals surface area contributed by atoms with Crippen LogP contribution in [0.5, 0.6) is 0 Å². The molecule has 0 saturated carbocycles. The average Bonchev–Trinajstić information content (AvgIpc) is 3.05. The van der Waals surface area contributed by atoms with Gasteiger partial charge < -0.3 is 4.90 Å². The van der Waals surface area contributed by atoms with Gasteiger partial charge in [-0.25, -0.2) is 0 Å². The first-order chi connectivity index (χ1) is 12.7. The highest BCUT2D eigenvalue weighted by molar-refractivity contribution is 5.94. The molecule has 0 aliphatic carbocycles. The zero-order valence-corrected chi connectivity index (χ0v) is 15.3. The minimum Gasteiger partial charge on any atom is -0.339 e. The molecule has 1 fully saturated rings. The predicted octanol–water partition coefficient (Wildman–Crippen LogP) is 2.57. The minimum absolute atomic E-state index is 0.0675. The summed E-state index contributed by atoms with van der Waals surface area (Å²) in [5.41, 5.74) is 0.427. The molecule has 0 bridgehead atoms. The number of hydrogen-bond donors (Lipinski definition) is 0. The molecule has 1 aliphatic rings. The normalized spacial score (nSPS) is 16.5. The topological polar surface area (TPSA) is 54.3 Å². The van der Waals surface area contributed by atoms with E-state index in [0.717, 1.165) is 50.3 Å². The molecular weight excluding hydrogens is 359 g/mol. The van der Waals surface area contributed by atoms with Gasteiger partial charge in [0, 0.05) is 45.3 Å². The number of aryl methyl sites for hydroxylation is 1. The van der Waals surface area contributed by atoms with Gasteiger partial charge in [0.15, 0.2) is 0 Å². The molecule has 0 radical (unpaired) electrons. The van der Waals surface area contributed by atoms with Crippen molar-refractivity contribution in [2.45, 2.75) is 31.6 Å². The van der Waals surface area contributed by atoms with E-state index in [0.29, 0.717) is 0 Å². The van der Waals surface area contributed by atoms with E-state index in [1.165, 1.54) is 16.9 Å². The van der Waals surface area contributed by atoms with Gasteiger partial charge in [0.2, 0.25) is 0 Å². The van der Waals surface area contributed by atoms with Crippen molar-refractivity contribution < 1.29 is 18.0 Å². The van der Waals surface area contributed by atoms with Gasteiger partial charge in [0.25, 0.3) is 5.91 Å². The van der Waals surface area contributed by atoms with Gasteiger partial charge in [-0.3, -0.25) is 9.69 Å². The Bertz CT molecular complexity index is 779. The highest BCUT2D eigenvalue weighted by atomic mass is 19.4. The quantitative estimate of drug-likeness (QED) is 0.817. The number of halogens is 3. The van der Waals surface area contributed by atoms with Gasteiger partial charge >= 0.3 is 6.18 Å². The van der Waals surface area contributed by atoms with Crippen molar-refractivity contribution in [1.82, 2.24) is 24.8 Å². The van der Waals surface area contributed by atoms with Crippen molar-refractivity contribution in [3.8, 4) is 0 Å². The molecule has 1 saturated heterocycles. The lowest BCUT2D eigenvalue weighted by Crippen LogP contribution is -2.45. The molecule has 1 aromatic heterocycles. The zero-order valence-electron chi connectivity index (χ0n) is 15.3. The number of benzene rings is 1. The fraction of sp³-hybridized carbons (Fsp3) is 0.500. The van der Waals surface area contributed by atoms with Crippen molar-refractivity contribution in [3.63, 3.8) is 0 Å². The molecule has 1 aliphatic heterocycles. The summed E-state index contributed by atoms with van der Waals surface area (Å²) >= 11 is 0. The Morgan fingerprint density at radius 2 is 1.85 bits per heavy atom. The first-order valence-corrected chi connectivity index (χ1v) is 8.76. The molecule has 1 aromatic carbocycles. The fourth-order valence-electron chi connectivity index (χ4n) is 3.33. The summed E-state index contributed by atoms with van der Waals surface area (Å²) in [6.07, 6.45) is -1.04. The smallest absolute Gasteiger partial charge is 0.339 e. The van der Waals surface area contributed by atoms with Gasteiger partial charge in [0.05, 0.1) is 17.5 Å². The van der Waals surface area contributed by atoms with Crippen LogP contribution in [-0.4, -0.2) is 56.9 Å². The Balaban J connectivity index is 1.55. The van der Waals surface area contributed by atoms with Crippen LogP contribution in [-0.2, 0) is 19.8 Å². The maximum absolute atomic E-state index is 12.7. The van der Waals surface area contributed by atoms with Crippen molar-refractivity contribution in [3.05, 3.63) is 47.3 Å². The number of aromatic nitrogens is 3. The molecule has 27 heavy (non-hydrogen) atoms. The van der Waals surface area contributed by atoms with E-state index in [1.54, 1.807) is 25.2 Å². The molecule has 6 nitrogen and oxygen atoms in total. The lowest BCUT2D eigenvalue weighted by atomic mass is 10.0. The van der Waals surface area contributed by atoms with Gasteiger partial charge in [-0.2, -0.15) is 28.2 Å². The minimum atomic E-state index is -4.40. The first-order valence-electron chi connectivity index (χ1n) is 8.76. The van der Waals surface area contributed by atoms with E-state index in [1.807, 2.05) is 0 Å². The Hall–Kier alpha value is -2.42. The van der Waals surface area contributed by atoms with E-state index in [-0.39, 0.29) is 17.5 Å². The molecule has 0 unspecified atom stereocenters. The first kappa shape index (κ1) is 19.3. The molecule has 1 amide bonds. The van der Waals surface area contributed by atoms with E-state index in [4.69, 9.17) is 0 Å². The van der Waals surface area contributed by atoms with E-state index >= 15 is 0 Å². The second-order valence-electron chi connectivity index (χ2n) is 6.82. The van der Waals surface area contributed by atoms with E-state index < -0.39 is 11.7 Å². The Kier molecular flexibility index (Phi) is 5.50. The molecule has 9 heteroatoms. The lowest BCUT2D eigenvalue weighted by Gasteiger charge is -2.36. The Morgan fingerprint density at radius 3 is 2.37 bits per heavy atom. The van der Waals surface area contributed by atoms with Crippen LogP contribution in [0.15, 0.2) is 30.5 Å². The number of amides is 1. The molecule has 0 atom stereocenters. The van der Waals surface area contributed by atoms with Crippen LogP contribution in [0.1, 0.15) is 34.5 Å². The summed E-state index contributed by atoms with van der Waals surface area (Å²) in [6.45, 7) is 2.37. The molecule has 0 spiro atoms. The van der Waals surface area contributed by atoms with Gasteiger partial charge in [-0.15, -0.1) is 0 Å². The highest BCUT2D eigenvalue weighted by Gasteiger charge is 2.31. The number of hydrogen-bond acceptors (Lipinski definition) is 4. The second kappa shape index (κ2) is 7.67. The van der Waals surface area contributed by atoms with Gasteiger partial charge in [-0.05, 0) is 37.1 Å². The highest BCUT2D eigenvalue weighted by Crippen LogP contribution is 2.29. The largest absolute Gasteiger partial charge is 0.416 e. The number of carbonyl (C=O) groups excluding carboxylic acids is 1. The summed E-state index contributed by atoms with van der Waals surface area (Å²) in [7, 11) is 3.49. The third-order valence-corrected chi connectivity index (χ3v) is 4.92. The number of rotatable bonds is 4. The van der Waals surface area contributed by atoms with Crippen molar-refractivity contribution in [2.24, 2.45) is 7.05 Å². The second-order valence-corrected chi connectivity index (χ2v) is 6.82. The van der Waals surface area contributed by atoms with E-state index in [2.05, 4.69) is 15.1 Å². The summed E-state index contributed by atoms with van der Waals surface area (Å²) in [5, 5.41) is 8.33. The van der Waals surface area contributed by atoms with Crippen molar-refractivity contribution in [2.75, 3.05) is 20.1 Å². The Labute approximate surface area is 155 Å². The summed E-state index contributed by atoms with van der Waals surface area (Å²) in [4.78, 5) is 18.0. The van der Waals surface area contributed by atoms with Crippen LogP contribution in [0.4, 0.5) is 13.2 Å². The monoisotopic (exact) mass is 381 g/mol. The average molecular weight is 381 g/mol. The summed E-state index contributed by atoms with van der Waals surface area (Å²) in [6, 6.07) is 4.45. The molecule has 2 aromatic rings. The Morgan fingerprint density at radius 1 is 1.22 bits per heavy atom. The predicted molar refractivity (Wildman–Crippen MR) is 92.8 cm³/mol. The maximum atomic E-state index is 12.7. The van der Waals surface area contributed by atoms with Crippen molar-refractivity contribution in [1.29, 1.82) is 0 Å². The maximum Gasteiger partial charge on any atom is 0.416 e. The third kappa shape index (κ3) is 4.65. The van der Waals surface area contributed by atoms with Gasteiger partial charge in [0.1, 0.15) is 0 Å². The zero-order chi connectivity index (χ0) is 19.6. The van der Waals surface area contributed by atoms with Crippen LogP contribution in [0.3, 0.4) is 0 Å². The number of piperidine rings is 1. The number of nitrogens with zero attached hydrogens (tertiary/aromatic N) is 5. The van der Waals surface area contributed by atoms with Crippen LogP contribution >= 0.6 is 0 Å². The van der Waals surface area contributed by atoms with Gasteiger partial charge in [-0.1, -0.05) is 0 Å². The molecular formula is C18H22F3N5O. The standard InChI is InChI=1S/C18H22F3N5O/c1-24(17(27)13-3-5-14(6-4-13)18(19,20)21)16-7-9-26(10-8-16)12-15-11-22-25(2)23-15/h3-6,11,16H,7-10,12H2,1-2H3. The molecule has 146 valence electrons. The van der Waals surface area contributed by atoms with Crippen LogP contribution < -0.4 is 0 Å². The van der Waals surface area contributed by atoms with Crippen LogP contribution in [0.2, 0.25) is 0 Å². The molecule has 3 rings (SSSR count). The summed E-state index contributed by atoms with van der Waals surface area (Å²) < 4.78 is 38.0. The van der Waals surface area contributed by atoms with Crippen LogP contribution in [0.25, 0.3) is 0 Å². The summed E-state index contributed by atoms with van der Waals surface area (Å²) in [5.74, 6) is -0.254. The van der Waals surface area contributed by atoms with E-state index in [9.17, 15) is 18.0 Å². The number of likely N-dealkylation sites (tertiary alicyclic amines) is 1. The van der Waals surface area contributed by atoms with Crippen molar-refractivity contribution >= 4 is 5.91 Å². The number of alkyl halides is 3. The van der Waals surface area contributed by atoms with Crippen LogP contribution in [0, 0.1) is 0 Å². The number of carbonyl (C=O) groups is 1.